The average molecular weight is 401 g/mol. The summed E-state index contributed by atoms with van der Waals surface area (Å²) in [4.78, 5) is 20.2. The molecule has 2 aromatic carbocycles. The molecule has 4 rings (SSSR count). The van der Waals surface area contributed by atoms with Gasteiger partial charge < -0.3 is 5.32 Å². The van der Waals surface area contributed by atoms with Gasteiger partial charge in [-0.2, -0.15) is 0 Å². The molecule has 1 N–H and O–H groups in total. The van der Waals surface area contributed by atoms with Gasteiger partial charge in [0.15, 0.2) is 0 Å². The lowest BCUT2D eigenvalue weighted by Gasteiger charge is -2.15. The van der Waals surface area contributed by atoms with Crippen LogP contribution < -0.4 is 5.32 Å². The molecule has 2 aromatic heterocycles. The lowest BCUT2D eigenvalue weighted by molar-refractivity contribution is 0.0940. The Hall–Kier alpha value is -2.98. The van der Waals surface area contributed by atoms with E-state index < -0.39 is 0 Å². The quantitative estimate of drug-likeness (QED) is 0.430. The van der Waals surface area contributed by atoms with Crippen LogP contribution in [0.5, 0.6) is 0 Å². The van der Waals surface area contributed by atoms with E-state index >= 15 is 0 Å². The van der Waals surface area contributed by atoms with Crippen LogP contribution in [0.2, 0.25) is 0 Å². The van der Waals surface area contributed by atoms with Gasteiger partial charge >= 0.3 is 0 Å². The fourth-order valence-corrected chi connectivity index (χ4v) is 4.29. The van der Waals surface area contributed by atoms with Crippen molar-refractivity contribution in [3.05, 3.63) is 88.8 Å². The molecule has 0 saturated heterocycles. The number of para-hydroxylation sites is 1. The Bertz CT molecular complexity index is 1130. The van der Waals surface area contributed by atoms with Gasteiger partial charge in [0, 0.05) is 16.3 Å². The van der Waals surface area contributed by atoms with E-state index in [1.165, 1.54) is 10.4 Å². The third-order valence-electron chi connectivity index (χ3n) is 5.04. The second kappa shape index (κ2) is 8.58. The van der Waals surface area contributed by atoms with Gasteiger partial charge in [0.25, 0.3) is 5.91 Å². The zero-order valence-corrected chi connectivity index (χ0v) is 17.5. The highest BCUT2D eigenvalue weighted by Gasteiger charge is 2.16. The molecular weight excluding hydrogens is 376 g/mol. The standard InChI is InChI=1S/C25H24N2OS/c1-17(12-14-19-8-4-3-5-9-19)26-25(28)21-16-23(24-15-13-18(2)29-24)27-22-11-7-6-10-20(21)22/h3-11,13,15-17H,12,14H2,1-2H3,(H,26,28). The Morgan fingerprint density at radius 2 is 1.79 bits per heavy atom. The van der Waals surface area contributed by atoms with Crippen molar-refractivity contribution >= 4 is 28.1 Å². The summed E-state index contributed by atoms with van der Waals surface area (Å²) in [5.74, 6) is -0.0429. The molecule has 0 bridgehead atoms. The number of rotatable bonds is 6. The number of benzene rings is 2. The molecule has 1 amide bonds. The number of carbonyl (C=O) groups is 1. The van der Waals surface area contributed by atoms with Crippen LogP contribution in [0, 0.1) is 6.92 Å². The fourth-order valence-electron chi connectivity index (χ4n) is 3.46. The maximum absolute atomic E-state index is 13.1. The first-order valence-corrected chi connectivity index (χ1v) is 10.7. The lowest BCUT2D eigenvalue weighted by atomic mass is 10.0. The van der Waals surface area contributed by atoms with E-state index in [0.717, 1.165) is 34.3 Å². The second-order valence-electron chi connectivity index (χ2n) is 7.38. The summed E-state index contributed by atoms with van der Waals surface area (Å²) >= 11 is 1.70. The fraction of sp³-hybridized carbons (Fsp3) is 0.200. The number of aromatic nitrogens is 1. The number of carbonyl (C=O) groups excluding carboxylic acids is 1. The minimum absolute atomic E-state index is 0.0429. The highest BCUT2D eigenvalue weighted by Crippen LogP contribution is 2.29. The van der Waals surface area contributed by atoms with E-state index in [2.05, 4.69) is 55.6 Å². The van der Waals surface area contributed by atoms with Crippen LogP contribution in [0.4, 0.5) is 0 Å². The topological polar surface area (TPSA) is 42.0 Å². The number of nitrogens with zero attached hydrogens (tertiary/aromatic N) is 1. The van der Waals surface area contributed by atoms with Gasteiger partial charge in [0.1, 0.15) is 0 Å². The summed E-state index contributed by atoms with van der Waals surface area (Å²) in [5, 5.41) is 4.07. The van der Waals surface area contributed by atoms with Crippen molar-refractivity contribution in [3.8, 4) is 10.6 Å². The van der Waals surface area contributed by atoms with Gasteiger partial charge in [-0.05, 0) is 56.5 Å². The molecule has 4 heteroatoms. The molecule has 0 saturated carbocycles. The zero-order valence-electron chi connectivity index (χ0n) is 16.7. The number of thiophene rings is 1. The highest BCUT2D eigenvalue weighted by atomic mass is 32.1. The van der Waals surface area contributed by atoms with Gasteiger partial charge in [0.05, 0.1) is 21.7 Å². The van der Waals surface area contributed by atoms with Gasteiger partial charge in [-0.25, -0.2) is 4.98 Å². The Labute approximate surface area is 175 Å². The summed E-state index contributed by atoms with van der Waals surface area (Å²) < 4.78 is 0. The average Bonchev–Trinajstić information content (AvgIpc) is 3.18. The summed E-state index contributed by atoms with van der Waals surface area (Å²) in [6, 6.07) is 24.4. The third kappa shape index (κ3) is 4.54. The van der Waals surface area contributed by atoms with Crippen LogP contribution in [0.3, 0.4) is 0 Å². The van der Waals surface area contributed by atoms with E-state index in [1.54, 1.807) is 11.3 Å². The van der Waals surface area contributed by atoms with E-state index in [0.29, 0.717) is 5.56 Å². The predicted octanol–water partition coefficient (Wildman–Crippen LogP) is 6.02. The van der Waals surface area contributed by atoms with Crippen LogP contribution >= 0.6 is 11.3 Å². The number of fused-ring (bicyclic) bond motifs is 1. The smallest absolute Gasteiger partial charge is 0.252 e. The van der Waals surface area contributed by atoms with Gasteiger partial charge in [-0.15, -0.1) is 11.3 Å². The van der Waals surface area contributed by atoms with Crippen LogP contribution in [0.25, 0.3) is 21.5 Å². The second-order valence-corrected chi connectivity index (χ2v) is 8.67. The highest BCUT2D eigenvalue weighted by molar-refractivity contribution is 7.15. The van der Waals surface area contributed by atoms with Crippen LogP contribution in [0.1, 0.15) is 34.1 Å². The van der Waals surface area contributed by atoms with Crippen LogP contribution in [0.15, 0.2) is 72.8 Å². The molecule has 0 spiro atoms. The predicted molar refractivity (Wildman–Crippen MR) is 121 cm³/mol. The molecule has 3 nitrogen and oxygen atoms in total. The minimum atomic E-state index is -0.0429. The minimum Gasteiger partial charge on any atom is -0.350 e. The van der Waals surface area contributed by atoms with Crippen molar-refractivity contribution in [1.82, 2.24) is 10.3 Å². The molecule has 1 unspecified atom stereocenters. The third-order valence-corrected chi connectivity index (χ3v) is 6.06. The number of hydrogen-bond donors (Lipinski definition) is 1. The van der Waals surface area contributed by atoms with Crippen molar-refractivity contribution < 1.29 is 4.79 Å². The lowest BCUT2D eigenvalue weighted by Crippen LogP contribution is -2.33. The molecule has 2 heterocycles. The Morgan fingerprint density at radius 3 is 2.55 bits per heavy atom. The van der Waals surface area contributed by atoms with Gasteiger partial charge in [0.2, 0.25) is 0 Å². The normalized spacial score (nSPS) is 12.1. The molecule has 29 heavy (non-hydrogen) atoms. The van der Waals surface area contributed by atoms with Crippen LogP contribution in [-0.4, -0.2) is 16.9 Å². The maximum Gasteiger partial charge on any atom is 0.252 e. The summed E-state index contributed by atoms with van der Waals surface area (Å²) in [6.45, 7) is 4.14. The van der Waals surface area contributed by atoms with Gasteiger partial charge in [-0.1, -0.05) is 48.5 Å². The van der Waals surface area contributed by atoms with Crippen molar-refractivity contribution in [2.24, 2.45) is 0 Å². The summed E-state index contributed by atoms with van der Waals surface area (Å²) in [5.41, 5.74) is 3.67. The Kier molecular flexibility index (Phi) is 5.72. The molecule has 1 atom stereocenters. The first-order chi connectivity index (χ1) is 14.1. The van der Waals surface area contributed by atoms with Crippen molar-refractivity contribution in [2.45, 2.75) is 32.7 Å². The molecule has 0 fully saturated rings. The van der Waals surface area contributed by atoms with Gasteiger partial charge in [-0.3, -0.25) is 4.79 Å². The van der Waals surface area contributed by atoms with E-state index in [4.69, 9.17) is 4.98 Å². The Morgan fingerprint density at radius 1 is 1.03 bits per heavy atom. The molecule has 146 valence electrons. The zero-order chi connectivity index (χ0) is 20.2. The van der Waals surface area contributed by atoms with E-state index in [-0.39, 0.29) is 11.9 Å². The summed E-state index contributed by atoms with van der Waals surface area (Å²) in [7, 11) is 0. The largest absolute Gasteiger partial charge is 0.350 e. The molecule has 4 aromatic rings. The number of pyridine rings is 1. The molecule has 0 aliphatic rings. The summed E-state index contributed by atoms with van der Waals surface area (Å²) in [6.07, 6.45) is 1.84. The number of amides is 1. The molecular formula is C25H24N2OS. The molecule has 0 radical (unpaired) electrons. The monoisotopic (exact) mass is 400 g/mol. The molecule has 0 aliphatic carbocycles. The van der Waals surface area contributed by atoms with Crippen molar-refractivity contribution in [2.75, 3.05) is 0 Å². The number of aryl methyl sites for hydroxylation is 2. The Balaban J connectivity index is 1.57. The first kappa shape index (κ1) is 19.3. The van der Waals surface area contributed by atoms with Crippen molar-refractivity contribution in [1.29, 1.82) is 0 Å². The van der Waals surface area contributed by atoms with E-state index in [9.17, 15) is 4.79 Å². The number of nitrogens with one attached hydrogen (secondary N) is 1. The number of hydrogen-bond acceptors (Lipinski definition) is 3. The SMILES string of the molecule is Cc1ccc(-c2cc(C(=O)NC(C)CCc3ccccc3)c3ccccc3n2)s1. The molecule has 0 aliphatic heterocycles. The van der Waals surface area contributed by atoms with Crippen molar-refractivity contribution in [3.63, 3.8) is 0 Å². The first-order valence-electron chi connectivity index (χ1n) is 9.91. The van der Waals surface area contributed by atoms with E-state index in [1.807, 2.05) is 36.4 Å². The maximum atomic E-state index is 13.1. The van der Waals surface area contributed by atoms with Crippen LogP contribution in [-0.2, 0) is 6.42 Å².